The highest BCUT2D eigenvalue weighted by Gasteiger charge is 2.49. The molecule has 0 radical (unpaired) electrons. The van der Waals surface area contributed by atoms with Crippen LogP contribution in [0.3, 0.4) is 0 Å². The van der Waals surface area contributed by atoms with Crippen LogP contribution < -0.4 is 0 Å². The molecule has 2 saturated heterocycles. The lowest BCUT2D eigenvalue weighted by Crippen LogP contribution is -2.62. The van der Waals surface area contributed by atoms with Gasteiger partial charge < -0.3 is 22.9 Å². The molecular weight excluding hydrogens is 214 g/mol. The van der Waals surface area contributed by atoms with E-state index in [1.54, 1.807) is 7.11 Å². The zero-order chi connectivity index (χ0) is 10.9. The highest BCUT2D eigenvalue weighted by Crippen LogP contribution is 2.22. The van der Waals surface area contributed by atoms with Gasteiger partial charge in [-0.2, -0.15) is 0 Å². The van der Waals surface area contributed by atoms with Crippen molar-refractivity contribution < 1.29 is 18.0 Å². The molecule has 0 amide bonds. The topological polar surface area (TPSA) is 40.2 Å². The van der Waals surface area contributed by atoms with Gasteiger partial charge in [0.2, 0.25) is 0 Å². The first-order chi connectivity index (χ1) is 7.13. The summed E-state index contributed by atoms with van der Waals surface area (Å²) in [5.74, 6) is 0. The van der Waals surface area contributed by atoms with E-state index in [0.29, 0.717) is 12.8 Å². The summed E-state index contributed by atoms with van der Waals surface area (Å²) in [7, 11) is 1.19. The Hall–Kier alpha value is 0.0169. The Bertz CT molecular complexity index is 226. The SMILES string of the molecule is CO[Si]12COCC(CN(C)CC(C)O1)O2. The maximum absolute atomic E-state index is 5.93. The predicted molar refractivity (Wildman–Crippen MR) is 56.5 cm³/mol. The summed E-state index contributed by atoms with van der Waals surface area (Å²) in [5, 5.41) is 0. The van der Waals surface area contributed by atoms with E-state index in [-0.39, 0.29) is 12.2 Å². The van der Waals surface area contributed by atoms with Crippen molar-refractivity contribution in [1.82, 2.24) is 4.90 Å². The van der Waals surface area contributed by atoms with Gasteiger partial charge in [-0.3, -0.25) is 0 Å². The van der Waals surface area contributed by atoms with Crippen LogP contribution in [0.25, 0.3) is 0 Å². The molecule has 5 nitrogen and oxygen atoms in total. The van der Waals surface area contributed by atoms with E-state index in [9.17, 15) is 0 Å². The molecule has 0 spiro atoms. The summed E-state index contributed by atoms with van der Waals surface area (Å²) in [6, 6.07) is 0. The lowest BCUT2D eigenvalue weighted by atomic mass is 10.3. The molecule has 3 unspecified atom stereocenters. The minimum absolute atomic E-state index is 0.0860. The van der Waals surface area contributed by atoms with Gasteiger partial charge in [-0.1, -0.05) is 0 Å². The molecule has 88 valence electrons. The second-order valence-electron chi connectivity index (χ2n) is 4.29. The fourth-order valence-electron chi connectivity index (χ4n) is 2.15. The first kappa shape index (κ1) is 11.5. The Kier molecular flexibility index (Phi) is 3.44. The van der Waals surface area contributed by atoms with E-state index in [4.69, 9.17) is 18.0 Å². The standard InChI is InChI=1S/C9H19NO4Si/c1-8-4-10(2)5-9-6-12-7-15(11-3,13-8)14-9/h8-9H,4-7H2,1-3H3. The lowest BCUT2D eigenvalue weighted by molar-refractivity contribution is -0.0948. The van der Waals surface area contributed by atoms with Gasteiger partial charge >= 0.3 is 8.80 Å². The fraction of sp³-hybridized carbons (Fsp3) is 1.00. The minimum atomic E-state index is -2.53. The Morgan fingerprint density at radius 3 is 2.87 bits per heavy atom. The molecule has 3 atom stereocenters. The Labute approximate surface area is 91.6 Å². The summed E-state index contributed by atoms with van der Waals surface area (Å²) in [6.07, 6.45) is 0.695. The van der Waals surface area contributed by atoms with Crippen molar-refractivity contribution in [2.75, 3.05) is 40.1 Å². The van der Waals surface area contributed by atoms with Crippen LogP contribution >= 0.6 is 0 Å². The number of hydrogen-bond donors (Lipinski definition) is 0. The number of ether oxygens (including phenoxy) is 1. The number of hydrogen-bond acceptors (Lipinski definition) is 5. The predicted octanol–water partition coefficient (Wildman–Crippen LogP) is -0.123. The van der Waals surface area contributed by atoms with Gasteiger partial charge in [0, 0.05) is 20.2 Å². The summed E-state index contributed by atoms with van der Waals surface area (Å²) >= 11 is 0. The molecule has 2 rings (SSSR count). The molecule has 2 heterocycles. The molecule has 2 bridgehead atoms. The molecular formula is C9H19NO4Si. The van der Waals surface area contributed by atoms with Gasteiger partial charge in [0.15, 0.2) is 0 Å². The average Bonchev–Trinajstić information content (AvgIpc) is 2.16. The zero-order valence-corrected chi connectivity index (χ0v) is 10.6. The quantitative estimate of drug-likeness (QED) is 0.590. The van der Waals surface area contributed by atoms with Crippen LogP contribution in [0.4, 0.5) is 0 Å². The molecule has 0 aliphatic carbocycles. The van der Waals surface area contributed by atoms with Gasteiger partial charge in [0.1, 0.15) is 6.23 Å². The van der Waals surface area contributed by atoms with Crippen molar-refractivity contribution in [2.24, 2.45) is 0 Å². The maximum atomic E-state index is 5.93. The van der Waals surface area contributed by atoms with Gasteiger partial charge in [0.25, 0.3) is 0 Å². The largest absolute Gasteiger partial charge is 0.528 e. The van der Waals surface area contributed by atoms with Crippen molar-refractivity contribution in [1.29, 1.82) is 0 Å². The number of fused-ring (bicyclic) bond motifs is 2. The average molecular weight is 233 g/mol. The van der Waals surface area contributed by atoms with E-state index >= 15 is 0 Å². The Morgan fingerprint density at radius 1 is 1.33 bits per heavy atom. The van der Waals surface area contributed by atoms with Gasteiger partial charge in [0.05, 0.1) is 18.8 Å². The molecule has 2 fully saturated rings. The second-order valence-corrected chi connectivity index (χ2v) is 6.83. The van der Waals surface area contributed by atoms with Gasteiger partial charge in [-0.25, -0.2) is 0 Å². The van der Waals surface area contributed by atoms with Crippen LogP contribution in [-0.4, -0.2) is 66.0 Å². The van der Waals surface area contributed by atoms with Crippen molar-refractivity contribution in [2.45, 2.75) is 19.1 Å². The summed E-state index contributed by atoms with van der Waals surface area (Å²) in [4.78, 5) is 2.21. The van der Waals surface area contributed by atoms with E-state index in [0.717, 1.165) is 13.1 Å². The van der Waals surface area contributed by atoms with Crippen LogP contribution in [0.2, 0.25) is 0 Å². The van der Waals surface area contributed by atoms with Crippen LogP contribution in [0.5, 0.6) is 0 Å². The normalized spacial score (nSPS) is 43.4. The molecule has 2 aliphatic heterocycles. The third kappa shape index (κ3) is 2.58. The minimum Gasteiger partial charge on any atom is -0.375 e. The monoisotopic (exact) mass is 233 g/mol. The lowest BCUT2D eigenvalue weighted by Gasteiger charge is -2.42. The van der Waals surface area contributed by atoms with E-state index in [2.05, 4.69) is 11.9 Å². The second kappa shape index (κ2) is 4.48. The highest BCUT2D eigenvalue weighted by atomic mass is 28.4. The van der Waals surface area contributed by atoms with Crippen LogP contribution in [0, 0.1) is 0 Å². The third-order valence-corrected chi connectivity index (χ3v) is 5.34. The maximum Gasteiger partial charge on any atom is 0.528 e. The Balaban J connectivity index is 2.11. The number of nitrogens with zero attached hydrogens (tertiary/aromatic N) is 1. The summed E-state index contributed by atoms with van der Waals surface area (Å²) < 4.78 is 22.8. The molecule has 0 N–H and O–H groups in total. The van der Waals surface area contributed by atoms with Gasteiger partial charge in [-0.05, 0) is 14.0 Å². The number of rotatable bonds is 1. The van der Waals surface area contributed by atoms with Crippen molar-refractivity contribution in [3.05, 3.63) is 0 Å². The van der Waals surface area contributed by atoms with E-state index in [1.807, 2.05) is 6.92 Å². The van der Waals surface area contributed by atoms with E-state index in [1.165, 1.54) is 0 Å². The van der Waals surface area contributed by atoms with Crippen LogP contribution in [-0.2, 0) is 18.0 Å². The first-order valence-corrected chi connectivity index (χ1v) is 7.24. The van der Waals surface area contributed by atoms with E-state index < -0.39 is 8.80 Å². The van der Waals surface area contributed by atoms with Gasteiger partial charge in [-0.15, -0.1) is 0 Å². The molecule has 0 saturated carbocycles. The smallest absolute Gasteiger partial charge is 0.375 e. The Morgan fingerprint density at radius 2 is 2.13 bits per heavy atom. The molecule has 2 aliphatic rings. The zero-order valence-electron chi connectivity index (χ0n) is 9.56. The molecule has 0 aromatic carbocycles. The highest BCUT2D eigenvalue weighted by molar-refractivity contribution is 6.60. The van der Waals surface area contributed by atoms with Crippen LogP contribution in [0.15, 0.2) is 0 Å². The summed E-state index contributed by atoms with van der Waals surface area (Å²) in [6.45, 7) is 4.48. The third-order valence-electron chi connectivity index (χ3n) is 2.70. The van der Waals surface area contributed by atoms with Crippen molar-refractivity contribution in [3.8, 4) is 0 Å². The number of likely N-dealkylation sites (N-methyl/N-ethyl adjacent to an activating group) is 1. The fourth-order valence-corrected chi connectivity index (χ4v) is 4.36. The van der Waals surface area contributed by atoms with Crippen molar-refractivity contribution in [3.63, 3.8) is 0 Å². The molecule has 6 heteroatoms. The molecule has 0 aromatic heterocycles. The summed E-state index contributed by atoms with van der Waals surface area (Å²) in [5.41, 5.74) is 0. The molecule has 0 aromatic rings. The first-order valence-electron chi connectivity index (χ1n) is 5.30. The molecule has 15 heavy (non-hydrogen) atoms. The van der Waals surface area contributed by atoms with Crippen LogP contribution in [0.1, 0.15) is 6.92 Å². The van der Waals surface area contributed by atoms with Crippen molar-refractivity contribution >= 4 is 8.80 Å².